The van der Waals surface area contributed by atoms with Gasteiger partial charge >= 0.3 is 12.4 Å². The lowest BCUT2D eigenvalue weighted by Crippen LogP contribution is -2.33. The summed E-state index contributed by atoms with van der Waals surface area (Å²) in [5.74, 6) is 2.04. The van der Waals surface area contributed by atoms with E-state index >= 15 is 0 Å². The van der Waals surface area contributed by atoms with E-state index in [1.54, 1.807) is 25.4 Å². The van der Waals surface area contributed by atoms with Gasteiger partial charge in [-0.25, -0.2) is 19.7 Å². The number of aromatic nitrogens is 4. The molecule has 164 valence electrons. The number of alkyl halides is 3. The predicted octanol–water partition coefficient (Wildman–Crippen LogP) is 3.41. The van der Waals surface area contributed by atoms with Gasteiger partial charge in [-0.1, -0.05) is 12.1 Å². The average molecular weight is 435 g/mol. The number of hydrogen-bond donors (Lipinski definition) is 3. The lowest BCUT2D eigenvalue weighted by Gasteiger charge is -2.14. The van der Waals surface area contributed by atoms with E-state index in [2.05, 4.69) is 35.6 Å². The van der Waals surface area contributed by atoms with Gasteiger partial charge in [0.15, 0.2) is 5.75 Å². The topological polar surface area (TPSA) is 106 Å². The molecule has 0 fully saturated rings. The lowest BCUT2D eigenvalue weighted by molar-refractivity contribution is -0.274. The standard InChI is InChI=1S/C19H20F3N7O2/c1-12-26-16(11-17(27-12)29-10-9-23-13(29)2)24-7-8-25-18(30)28-14-5-3-4-6-15(14)31-19(20,21)22/h3-6,9-11H,7-8H2,1-2H3,(H,24,26,27)(H2,25,28,30). The van der Waals surface area contributed by atoms with Crippen molar-refractivity contribution in [3.8, 4) is 11.6 Å². The van der Waals surface area contributed by atoms with E-state index in [0.717, 1.165) is 11.9 Å². The Morgan fingerprint density at radius 2 is 1.94 bits per heavy atom. The highest BCUT2D eigenvalue weighted by Gasteiger charge is 2.32. The molecule has 3 N–H and O–H groups in total. The van der Waals surface area contributed by atoms with Gasteiger partial charge in [-0.05, 0) is 26.0 Å². The van der Waals surface area contributed by atoms with Crippen LogP contribution in [0.2, 0.25) is 0 Å². The Balaban J connectivity index is 1.52. The third-order valence-electron chi connectivity index (χ3n) is 3.97. The molecule has 0 radical (unpaired) electrons. The Bertz CT molecular complexity index is 1050. The van der Waals surface area contributed by atoms with Crippen molar-refractivity contribution in [3.63, 3.8) is 0 Å². The second kappa shape index (κ2) is 9.32. The molecule has 0 saturated carbocycles. The van der Waals surface area contributed by atoms with Crippen molar-refractivity contribution < 1.29 is 22.7 Å². The quantitative estimate of drug-likeness (QED) is 0.491. The number of amides is 2. The Morgan fingerprint density at radius 3 is 2.65 bits per heavy atom. The molecule has 12 heteroatoms. The molecule has 2 amide bonds. The van der Waals surface area contributed by atoms with Crippen LogP contribution in [0.1, 0.15) is 11.6 Å². The Morgan fingerprint density at radius 1 is 1.16 bits per heavy atom. The van der Waals surface area contributed by atoms with Gasteiger partial charge in [0.1, 0.15) is 23.3 Å². The molecule has 0 aliphatic rings. The van der Waals surface area contributed by atoms with Crippen molar-refractivity contribution in [3.05, 3.63) is 54.4 Å². The molecule has 0 aliphatic carbocycles. The van der Waals surface area contributed by atoms with Crippen LogP contribution in [0.5, 0.6) is 5.75 Å². The van der Waals surface area contributed by atoms with Crippen LogP contribution in [-0.2, 0) is 0 Å². The Kier molecular flexibility index (Phi) is 6.58. The highest BCUT2D eigenvalue weighted by atomic mass is 19.4. The first-order chi connectivity index (χ1) is 14.7. The molecular formula is C19H20F3N7O2. The SMILES string of the molecule is Cc1nc(NCCNC(=O)Nc2ccccc2OC(F)(F)F)cc(-n2ccnc2C)n1. The van der Waals surface area contributed by atoms with Crippen LogP contribution in [0.3, 0.4) is 0 Å². The summed E-state index contributed by atoms with van der Waals surface area (Å²) in [4.78, 5) is 24.9. The minimum atomic E-state index is -4.86. The third kappa shape index (κ3) is 6.32. The molecule has 9 nitrogen and oxygen atoms in total. The van der Waals surface area contributed by atoms with Crippen molar-refractivity contribution in [1.29, 1.82) is 0 Å². The maximum absolute atomic E-state index is 12.5. The fourth-order valence-corrected chi connectivity index (χ4v) is 2.70. The second-order valence-corrected chi connectivity index (χ2v) is 6.35. The van der Waals surface area contributed by atoms with E-state index in [0.29, 0.717) is 24.0 Å². The van der Waals surface area contributed by atoms with Crippen LogP contribution >= 0.6 is 0 Å². The summed E-state index contributed by atoms with van der Waals surface area (Å²) in [6, 6.07) is 6.35. The summed E-state index contributed by atoms with van der Waals surface area (Å²) in [6.45, 7) is 4.13. The van der Waals surface area contributed by atoms with E-state index in [9.17, 15) is 18.0 Å². The number of nitrogens with one attached hydrogen (secondary N) is 3. The van der Waals surface area contributed by atoms with E-state index < -0.39 is 18.1 Å². The van der Waals surface area contributed by atoms with Gasteiger partial charge in [0.2, 0.25) is 0 Å². The van der Waals surface area contributed by atoms with E-state index in [1.807, 2.05) is 11.5 Å². The van der Waals surface area contributed by atoms with Gasteiger partial charge in [-0.3, -0.25) is 4.57 Å². The molecule has 0 aliphatic heterocycles. The first-order valence-corrected chi connectivity index (χ1v) is 9.21. The Hall–Kier alpha value is -3.83. The maximum Gasteiger partial charge on any atom is 0.573 e. The van der Waals surface area contributed by atoms with E-state index in [-0.39, 0.29) is 12.2 Å². The number of nitrogens with zero attached hydrogens (tertiary/aromatic N) is 4. The number of rotatable bonds is 7. The molecule has 0 spiro atoms. The number of ether oxygens (including phenoxy) is 1. The number of benzene rings is 1. The average Bonchev–Trinajstić information content (AvgIpc) is 3.11. The van der Waals surface area contributed by atoms with Gasteiger partial charge in [0.05, 0.1) is 5.69 Å². The zero-order valence-corrected chi connectivity index (χ0v) is 16.7. The van der Waals surface area contributed by atoms with E-state index in [4.69, 9.17) is 0 Å². The van der Waals surface area contributed by atoms with Gasteiger partial charge < -0.3 is 20.7 Å². The fraction of sp³-hybridized carbons (Fsp3) is 0.263. The highest BCUT2D eigenvalue weighted by Crippen LogP contribution is 2.29. The van der Waals surface area contributed by atoms with Crippen LogP contribution in [0.15, 0.2) is 42.7 Å². The number of hydrogen-bond acceptors (Lipinski definition) is 6. The van der Waals surface area contributed by atoms with Crippen LogP contribution < -0.4 is 20.7 Å². The second-order valence-electron chi connectivity index (χ2n) is 6.35. The van der Waals surface area contributed by atoms with Crippen molar-refractivity contribution in [2.24, 2.45) is 0 Å². The highest BCUT2D eigenvalue weighted by molar-refractivity contribution is 5.90. The number of urea groups is 1. The largest absolute Gasteiger partial charge is 0.573 e. The zero-order chi connectivity index (χ0) is 22.4. The number of carbonyl (C=O) groups excluding carboxylic acids is 1. The van der Waals surface area contributed by atoms with Crippen LogP contribution in [0.25, 0.3) is 5.82 Å². The van der Waals surface area contributed by atoms with Crippen molar-refractivity contribution in [1.82, 2.24) is 24.8 Å². The summed E-state index contributed by atoms with van der Waals surface area (Å²) in [6.07, 6.45) is -1.41. The molecule has 2 heterocycles. The summed E-state index contributed by atoms with van der Waals surface area (Å²) >= 11 is 0. The molecule has 0 bridgehead atoms. The molecule has 2 aromatic heterocycles. The van der Waals surface area contributed by atoms with Crippen molar-refractivity contribution in [2.75, 3.05) is 23.7 Å². The summed E-state index contributed by atoms with van der Waals surface area (Å²) < 4.78 is 43.1. The normalized spacial score (nSPS) is 11.1. The monoisotopic (exact) mass is 435 g/mol. The minimum Gasteiger partial charge on any atom is -0.404 e. The van der Waals surface area contributed by atoms with Crippen LogP contribution in [0.4, 0.5) is 29.5 Å². The zero-order valence-electron chi connectivity index (χ0n) is 16.7. The number of anilines is 2. The van der Waals surface area contributed by atoms with Crippen molar-refractivity contribution in [2.45, 2.75) is 20.2 Å². The Labute approximate surface area is 175 Å². The number of halogens is 3. The molecule has 1 aromatic carbocycles. The maximum atomic E-state index is 12.5. The minimum absolute atomic E-state index is 0.1000. The van der Waals surface area contributed by atoms with Gasteiger partial charge in [0, 0.05) is 31.5 Å². The predicted molar refractivity (Wildman–Crippen MR) is 107 cm³/mol. The summed E-state index contributed by atoms with van der Waals surface area (Å²) in [7, 11) is 0. The lowest BCUT2D eigenvalue weighted by atomic mass is 10.3. The molecule has 3 aromatic rings. The first-order valence-electron chi connectivity index (χ1n) is 9.21. The van der Waals surface area contributed by atoms with Crippen LogP contribution in [-0.4, -0.2) is 45.0 Å². The number of aryl methyl sites for hydroxylation is 2. The number of carbonyl (C=O) groups is 1. The molecule has 3 rings (SSSR count). The fourth-order valence-electron chi connectivity index (χ4n) is 2.70. The van der Waals surface area contributed by atoms with Gasteiger partial charge in [-0.15, -0.1) is 13.2 Å². The molecular weight excluding hydrogens is 415 g/mol. The number of para-hydroxylation sites is 2. The van der Waals surface area contributed by atoms with E-state index in [1.165, 1.54) is 18.2 Å². The third-order valence-corrected chi connectivity index (χ3v) is 3.97. The molecule has 0 saturated heterocycles. The van der Waals surface area contributed by atoms with Gasteiger partial charge in [-0.2, -0.15) is 0 Å². The van der Waals surface area contributed by atoms with Gasteiger partial charge in [0.25, 0.3) is 0 Å². The van der Waals surface area contributed by atoms with Crippen molar-refractivity contribution >= 4 is 17.5 Å². The molecule has 31 heavy (non-hydrogen) atoms. The molecule has 0 unspecified atom stereocenters. The van der Waals surface area contributed by atoms with Crippen LogP contribution in [0, 0.1) is 13.8 Å². The molecule has 0 atom stereocenters. The first kappa shape index (κ1) is 21.9. The number of imidazole rings is 1. The summed E-state index contributed by atoms with van der Waals surface area (Å²) in [5, 5.41) is 7.95. The smallest absolute Gasteiger partial charge is 0.404 e. The summed E-state index contributed by atoms with van der Waals surface area (Å²) in [5.41, 5.74) is -0.1000.